The summed E-state index contributed by atoms with van der Waals surface area (Å²) in [6, 6.07) is 14.2. The number of likely N-dealkylation sites (N-methyl/N-ethyl adjacent to an activating group) is 1. The molecule has 0 aliphatic heterocycles. The van der Waals surface area contributed by atoms with Gasteiger partial charge in [0.1, 0.15) is 5.75 Å². The van der Waals surface area contributed by atoms with E-state index in [-0.39, 0.29) is 6.04 Å². The van der Waals surface area contributed by atoms with Crippen molar-refractivity contribution < 1.29 is 4.74 Å². The third-order valence-electron chi connectivity index (χ3n) is 3.70. The largest absolute Gasteiger partial charge is 0.496 e. The molecule has 1 heterocycles. The second-order valence-corrected chi connectivity index (χ2v) is 5.05. The van der Waals surface area contributed by atoms with E-state index in [1.54, 1.807) is 7.11 Å². The van der Waals surface area contributed by atoms with Crippen molar-refractivity contribution >= 4 is 0 Å². The first-order valence-electron chi connectivity index (χ1n) is 7.19. The first-order chi connectivity index (χ1) is 10.3. The summed E-state index contributed by atoms with van der Waals surface area (Å²) in [5.41, 5.74) is 8.21. The fraction of sp³-hybridized carbons (Fsp3) is 0.353. The zero-order valence-electron chi connectivity index (χ0n) is 12.7. The summed E-state index contributed by atoms with van der Waals surface area (Å²) in [6.45, 7) is 1.45. The summed E-state index contributed by atoms with van der Waals surface area (Å²) < 4.78 is 5.45. The molecular formula is C17H23N3O. The number of nitrogens with zero attached hydrogens (tertiary/aromatic N) is 2. The lowest BCUT2D eigenvalue weighted by Gasteiger charge is -2.28. The average molecular weight is 285 g/mol. The number of benzene rings is 1. The van der Waals surface area contributed by atoms with Gasteiger partial charge >= 0.3 is 0 Å². The number of nitrogens with two attached hydrogens (primary N) is 1. The molecule has 2 N–H and O–H groups in total. The Morgan fingerprint density at radius 1 is 1.19 bits per heavy atom. The van der Waals surface area contributed by atoms with Gasteiger partial charge in [0.2, 0.25) is 0 Å². The van der Waals surface area contributed by atoms with Crippen LogP contribution in [0.25, 0.3) is 0 Å². The van der Waals surface area contributed by atoms with Gasteiger partial charge in [0.25, 0.3) is 0 Å². The zero-order chi connectivity index (χ0) is 15.1. The minimum Gasteiger partial charge on any atom is -0.496 e. The molecule has 0 saturated carbocycles. The van der Waals surface area contributed by atoms with Crippen LogP contribution in [0.3, 0.4) is 0 Å². The molecule has 1 unspecified atom stereocenters. The van der Waals surface area contributed by atoms with Crippen LogP contribution in [-0.2, 0) is 6.42 Å². The van der Waals surface area contributed by atoms with E-state index in [1.165, 1.54) is 0 Å². The maximum absolute atomic E-state index is 5.99. The van der Waals surface area contributed by atoms with Gasteiger partial charge in [-0.1, -0.05) is 24.3 Å². The second kappa shape index (κ2) is 7.76. The Kier molecular flexibility index (Phi) is 5.72. The maximum Gasteiger partial charge on any atom is 0.123 e. The fourth-order valence-corrected chi connectivity index (χ4v) is 2.48. The van der Waals surface area contributed by atoms with Crippen LogP contribution in [0.2, 0.25) is 0 Å². The number of pyridine rings is 1. The van der Waals surface area contributed by atoms with Crippen molar-refractivity contribution in [3.63, 3.8) is 0 Å². The van der Waals surface area contributed by atoms with Crippen LogP contribution in [0, 0.1) is 0 Å². The average Bonchev–Trinajstić information content (AvgIpc) is 2.55. The van der Waals surface area contributed by atoms with Crippen molar-refractivity contribution in [2.24, 2.45) is 5.73 Å². The van der Waals surface area contributed by atoms with Crippen LogP contribution in [0.1, 0.15) is 17.3 Å². The second-order valence-electron chi connectivity index (χ2n) is 5.05. The van der Waals surface area contributed by atoms with Gasteiger partial charge in [-0.05, 0) is 25.2 Å². The number of ether oxygens (including phenoxy) is 1. The van der Waals surface area contributed by atoms with Crippen molar-refractivity contribution in [3.05, 3.63) is 59.9 Å². The topological polar surface area (TPSA) is 51.4 Å². The van der Waals surface area contributed by atoms with E-state index in [0.717, 1.165) is 30.0 Å². The van der Waals surface area contributed by atoms with Crippen LogP contribution >= 0.6 is 0 Å². The normalized spacial score (nSPS) is 12.4. The van der Waals surface area contributed by atoms with Crippen LogP contribution in [-0.4, -0.2) is 37.1 Å². The highest BCUT2D eigenvalue weighted by Gasteiger charge is 2.18. The van der Waals surface area contributed by atoms with Crippen molar-refractivity contribution in [2.75, 3.05) is 27.2 Å². The monoisotopic (exact) mass is 285 g/mol. The SMILES string of the molecule is COc1ccccc1C(CN)N(C)CCc1ccccn1. The molecule has 4 nitrogen and oxygen atoms in total. The molecule has 0 spiro atoms. The Bertz CT molecular complexity index is 545. The summed E-state index contributed by atoms with van der Waals surface area (Å²) in [5, 5.41) is 0. The van der Waals surface area contributed by atoms with Gasteiger partial charge in [0.05, 0.1) is 13.2 Å². The predicted molar refractivity (Wildman–Crippen MR) is 85.4 cm³/mol. The maximum atomic E-state index is 5.99. The van der Waals surface area contributed by atoms with E-state index in [1.807, 2.05) is 42.6 Å². The number of aromatic nitrogens is 1. The molecular weight excluding hydrogens is 262 g/mol. The minimum absolute atomic E-state index is 0.143. The number of hydrogen-bond acceptors (Lipinski definition) is 4. The standard InChI is InChI=1S/C17H23N3O/c1-20(12-10-14-7-5-6-11-19-14)16(13-18)15-8-3-4-9-17(15)21-2/h3-9,11,16H,10,12-13,18H2,1-2H3. The molecule has 0 bridgehead atoms. The summed E-state index contributed by atoms with van der Waals surface area (Å²) in [7, 11) is 3.78. The quantitative estimate of drug-likeness (QED) is 0.848. The third kappa shape index (κ3) is 4.03. The smallest absolute Gasteiger partial charge is 0.123 e. The highest BCUT2D eigenvalue weighted by atomic mass is 16.5. The van der Waals surface area contributed by atoms with Gasteiger partial charge in [0, 0.05) is 37.0 Å². The Balaban J connectivity index is 2.06. The molecule has 0 saturated heterocycles. The highest BCUT2D eigenvalue weighted by Crippen LogP contribution is 2.27. The van der Waals surface area contributed by atoms with E-state index in [9.17, 15) is 0 Å². The minimum atomic E-state index is 0.143. The number of para-hydroxylation sites is 1. The van der Waals surface area contributed by atoms with E-state index < -0.39 is 0 Å². The number of rotatable bonds is 7. The lowest BCUT2D eigenvalue weighted by Crippen LogP contribution is -2.32. The molecule has 4 heteroatoms. The Morgan fingerprint density at radius 3 is 2.62 bits per heavy atom. The van der Waals surface area contributed by atoms with Gasteiger partial charge < -0.3 is 10.5 Å². The fourth-order valence-electron chi connectivity index (χ4n) is 2.48. The molecule has 1 atom stereocenters. The Hall–Kier alpha value is -1.91. The molecule has 0 radical (unpaired) electrons. The molecule has 1 aromatic heterocycles. The summed E-state index contributed by atoms with van der Waals surface area (Å²) in [4.78, 5) is 6.62. The van der Waals surface area contributed by atoms with Gasteiger partial charge in [-0.15, -0.1) is 0 Å². The first kappa shape index (κ1) is 15.5. The number of methoxy groups -OCH3 is 1. The van der Waals surface area contributed by atoms with E-state index in [4.69, 9.17) is 10.5 Å². The molecule has 2 rings (SSSR count). The van der Waals surface area contributed by atoms with Crippen LogP contribution in [0.4, 0.5) is 0 Å². The highest BCUT2D eigenvalue weighted by molar-refractivity contribution is 5.36. The Morgan fingerprint density at radius 2 is 1.95 bits per heavy atom. The summed E-state index contributed by atoms with van der Waals surface area (Å²) in [5.74, 6) is 0.887. The molecule has 2 aromatic rings. The number of hydrogen-bond donors (Lipinski definition) is 1. The molecule has 112 valence electrons. The molecule has 0 aliphatic rings. The lowest BCUT2D eigenvalue weighted by atomic mass is 10.0. The van der Waals surface area contributed by atoms with E-state index in [2.05, 4.69) is 23.0 Å². The predicted octanol–water partition coefficient (Wildman–Crippen LogP) is 2.26. The Labute approximate surface area is 126 Å². The van der Waals surface area contributed by atoms with Crippen molar-refractivity contribution in [3.8, 4) is 5.75 Å². The summed E-state index contributed by atoms with van der Waals surface area (Å²) >= 11 is 0. The van der Waals surface area contributed by atoms with E-state index in [0.29, 0.717) is 6.54 Å². The van der Waals surface area contributed by atoms with Gasteiger partial charge in [-0.3, -0.25) is 9.88 Å². The summed E-state index contributed by atoms with van der Waals surface area (Å²) in [6.07, 6.45) is 2.74. The van der Waals surface area contributed by atoms with Crippen LogP contribution in [0.15, 0.2) is 48.7 Å². The van der Waals surface area contributed by atoms with Crippen molar-refractivity contribution in [2.45, 2.75) is 12.5 Å². The molecule has 0 aliphatic carbocycles. The van der Waals surface area contributed by atoms with Gasteiger partial charge in [-0.2, -0.15) is 0 Å². The van der Waals surface area contributed by atoms with E-state index >= 15 is 0 Å². The zero-order valence-corrected chi connectivity index (χ0v) is 12.7. The van der Waals surface area contributed by atoms with Crippen molar-refractivity contribution in [1.82, 2.24) is 9.88 Å². The molecule has 0 amide bonds. The van der Waals surface area contributed by atoms with Crippen LogP contribution < -0.4 is 10.5 Å². The molecule has 1 aromatic carbocycles. The third-order valence-corrected chi connectivity index (χ3v) is 3.70. The van der Waals surface area contributed by atoms with Crippen LogP contribution in [0.5, 0.6) is 5.75 Å². The van der Waals surface area contributed by atoms with Crippen molar-refractivity contribution in [1.29, 1.82) is 0 Å². The molecule has 0 fully saturated rings. The van der Waals surface area contributed by atoms with Gasteiger partial charge in [0.15, 0.2) is 0 Å². The molecule has 21 heavy (non-hydrogen) atoms. The van der Waals surface area contributed by atoms with Gasteiger partial charge in [-0.25, -0.2) is 0 Å². The first-order valence-corrected chi connectivity index (χ1v) is 7.19. The lowest BCUT2D eigenvalue weighted by molar-refractivity contribution is 0.246.